The quantitative estimate of drug-likeness (QED) is 0.728. The van der Waals surface area contributed by atoms with Crippen molar-refractivity contribution in [3.63, 3.8) is 0 Å². The van der Waals surface area contributed by atoms with Gasteiger partial charge in [0.25, 0.3) is 0 Å². The minimum Gasteiger partial charge on any atom is -0.491 e. The Kier molecular flexibility index (Phi) is 4.19. The first-order chi connectivity index (χ1) is 10.7. The van der Waals surface area contributed by atoms with E-state index in [1.54, 1.807) is 6.33 Å². The monoisotopic (exact) mass is 293 g/mol. The van der Waals surface area contributed by atoms with E-state index in [2.05, 4.69) is 34.3 Å². The van der Waals surface area contributed by atoms with Crippen LogP contribution in [-0.4, -0.2) is 23.1 Å². The first-order valence-electron chi connectivity index (χ1n) is 7.38. The third-order valence-corrected chi connectivity index (χ3v) is 3.54. The molecule has 0 bridgehead atoms. The van der Waals surface area contributed by atoms with E-state index in [-0.39, 0.29) is 0 Å². The maximum atomic E-state index is 5.79. The Labute approximate surface area is 130 Å². The summed E-state index contributed by atoms with van der Waals surface area (Å²) in [5.41, 5.74) is 3.29. The molecule has 0 amide bonds. The summed E-state index contributed by atoms with van der Waals surface area (Å²) in [5.74, 6) is 1.77. The van der Waals surface area contributed by atoms with Crippen molar-refractivity contribution >= 4 is 16.7 Å². The number of fused-ring (bicyclic) bond motifs is 1. The smallest absolute Gasteiger partial charge is 0.137 e. The number of para-hydroxylation sites is 1. The van der Waals surface area contributed by atoms with Gasteiger partial charge in [0, 0.05) is 5.39 Å². The normalized spacial score (nSPS) is 10.6. The Morgan fingerprint density at radius 3 is 2.77 bits per heavy atom. The molecule has 0 saturated carbocycles. The molecule has 0 radical (unpaired) electrons. The molecule has 1 heterocycles. The molecule has 22 heavy (non-hydrogen) atoms. The number of aryl methyl sites for hydroxylation is 2. The summed E-state index contributed by atoms with van der Waals surface area (Å²) < 4.78 is 5.79. The van der Waals surface area contributed by atoms with Crippen molar-refractivity contribution in [3.8, 4) is 5.75 Å². The van der Waals surface area contributed by atoms with E-state index in [9.17, 15) is 0 Å². The van der Waals surface area contributed by atoms with E-state index in [0.29, 0.717) is 13.2 Å². The van der Waals surface area contributed by atoms with Gasteiger partial charge in [-0.3, -0.25) is 0 Å². The molecule has 1 aromatic heterocycles. The second-order valence-corrected chi connectivity index (χ2v) is 5.28. The molecule has 4 heteroatoms. The first kappa shape index (κ1) is 14.3. The third kappa shape index (κ3) is 3.17. The summed E-state index contributed by atoms with van der Waals surface area (Å²) in [4.78, 5) is 8.62. The zero-order valence-corrected chi connectivity index (χ0v) is 12.8. The summed E-state index contributed by atoms with van der Waals surface area (Å²) in [6.07, 6.45) is 1.59. The number of benzene rings is 2. The van der Waals surface area contributed by atoms with E-state index in [1.165, 1.54) is 5.56 Å². The molecule has 0 fully saturated rings. The fourth-order valence-corrected chi connectivity index (χ4v) is 2.36. The summed E-state index contributed by atoms with van der Waals surface area (Å²) in [5, 5.41) is 4.37. The lowest BCUT2D eigenvalue weighted by Crippen LogP contribution is -2.13. The lowest BCUT2D eigenvalue weighted by molar-refractivity contribution is 0.330. The minimum atomic E-state index is 0.585. The van der Waals surface area contributed by atoms with Crippen LogP contribution in [0.4, 0.5) is 5.82 Å². The largest absolute Gasteiger partial charge is 0.491 e. The summed E-state index contributed by atoms with van der Waals surface area (Å²) in [6.45, 7) is 5.39. The molecular weight excluding hydrogens is 274 g/mol. The minimum absolute atomic E-state index is 0.585. The average Bonchev–Trinajstić information content (AvgIpc) is 2.53. The van der Waals surface area contributed by atoms with Crippen molar-refractivity contribution in [1.82, 2.24) is 9.97 Å². The molecule has 0 unspecified atom stereocenters. The summed E-state index contributed by atoms with van der Waals surface area (Å²) in [6, 6.07) is 14.2. The molecule has 3 rings (SSSR count). The van der Waals surface area contributed by atoms with Crippen molar-refractivity contribution in [1.29, 1.82) is 0 Å². The van der Waals surface area contributed by atoms with Gasteiger partial charge in [-0.05, 0) is 37.6 Å². The van der Waals surface area contributed by atoms with Gasteiger partial charge in [0.15, 0.2) is 0 Å². The Balaban J connectivity index is 1.65. The molecular formula is C18H19N3O. The van der Waals surface area contributed by atoms with E-state index in [0.717, 1.165) is 28.0 Å². The first-order valence-corrected chi connectivity index (χ1v) is 7.38. The summed E-state index contributed by atoms with van der Waals surface area (Å²) in [7, 11) is 0. The fourth-order valence-electron chi connectivity index (χ4n) is 2.36. The average molecular weight is 293 g/mol. The predicted molar refractivity (Wildman–Crippen MR) is 89.4 cm³/mol. The van der Waals surface area contributed by atoms with Gasteiger partial charge in [-0.25, -0.2) is 9.97 Å². The highest BCUT2D eigenvalue weighted by molar-refractivity contribution is 5.89. The van der Waals surface area contributed by atoms with Crippen LogP contribution >= 0.6 is 0 Å². The van der Waals surface area contributed by atoms with Crippen molar-refractivity contribution in [2.75, 3.05) is 18.5 Å². The van der Waals surface area contributed by atoms with Crippen molar-refractivity contribution < 1.29 is 4.74 Å². The lowest BCUT2D eigenvalue weighted by Gasteiger charge is -2.11. The van der Waals surface area contributed by atoms with Crippen LogP contribution in [0.1, 0.15) is 11.1 Å². The highest BCUT2D eigenvalue weighted by Crippen LogP contribution is 2.20. The highest BCUT2D eigenvalue weighted by Gasteiger charge is 2.03. The van der Waals surface area contributed by atoms with E-state index in [1.807, 2.05) is 37.3 Å². The SMILES string of the molecule is Cc1ccc2ncnc(NCCOc3ccccc3C)c2c1. The van der Waals surface area contributed by atoms with Crippen LogP contribution in [0.15, 0.2) is 48.8 Å². The Morgan fingerprint density at radius 2 is 1.91 bits per heavy atom. The van der Waals surface area contributed by atoms with Crippen molar-refractivity contribution in [2.24, 2.45) is 0 Å². The Bertz CT molecular complexity index is 786. The standard InChI is InChI=1S/C18H19N3O/c1-13-7-8-16-15(11-13)18(21-12-20-16)19-9-10-22-17-6-4-3-5-14(17)2/h3-8,11-12H,9-10H2,1-2H3,(H,19,20,21). The third-order valence-electron chi connectivity index (χ3n) is 3.54. The number of hydrogen-bond donors (Lipinski definition) is 1. The van der Waals surface area contributed by atoms with Crippen LogP contribution in [-0.2, 0) is 0 Å². The molecule has 2 aromatic carbocycles. The molecule has 0 aliphatic heterocycles. The van der Waals surface area contributed by atoms with Crippen LogP contribution in [0.3, 0.4) is 0 Å². The molecule has 0 spiro atoms. The van der Waals surface area contributed by atoms with Gasteiger partial charge in [0.05, 0.1) is 12.1 Å². The van der Waals surface area contributed by atoms with Crippen LogP contribution in [0.25, 0.3) is 10.9 Å². The van der Waals surface area contributed by atoms with Crippen LogP contribution in [0.2, 0.25) is 0 Å². The zero-order chi connectivity index (χ0) is 15.4. The predicted octanol–water partition coefficient (Wildman–Crippen LogP) is 3.74. The van der Waals surface area contributed by atoms with E-state index >= 15 is 0 Å². The molecule has 0 atom stereocenters. The molecule has 0 aliphatic carbocycles. The number of anilines is 1. The number of aromatic nitrogens is 2. The van der Waals surface area contributed by atoms with E-state index in [4.69, 9.17) is 4.74 Å². The molecule has 1 N–H and O–H groups in total. The van der Waals surface area contributed by atoms with E-state index < -0.39 is 0 Å². The summed E-state index contributed by atoms with van der Waals surface area (Å²) >= 11 is 0. The molecule has 0 aliphatic rings. The molecule has 4 nitrogen and oxygen atoms in total. The zero-order valence-electron chi connectivity index (χ0n) is 12.8. The van der Waals surface area contributed by atoms with Gasteiger partial charge in [0.2, 0.25) is 0 Å². The molecule has 3 aromatic rings. The second kappa shape index (κ2) is 6.43. The maximum Gasteiger partial charge on any atom is 0.137 e. The van der Waals surface area contributed by atoms with Gasteiger partial charge in [-0.2, -0.15) is 0 Å². The van der Waals surface area contributed by atoms with Gasteiger partial charge in [-0.15, -0.1) is 0 Å². The number of rotatable bonds is 5. The number of nitrogens with one attached hydrogen (secondary N) is 1. The lowest BCUT2D eigenvalue weighted by atomic mass is 10.1. The van der Waals surface area contributed by atoms with Gasteiger partial charge in [0.1, 0.15) is 24.5 Å². The molecule has 112 valence electrons. The topological polar surface area (TPSA) is 47.0 Å². The van der Waals surface area contributed by atoms with Crippen LogP contribution in [0, 0.1) is 13.8 Å². The number of nitrogens with zero attached hydrogens (tertiary/aromatic N) is 2. The second-order valence-electron chi connectivity index (χ2n) is 5.28. The van der Waals surface area contributed by atoms with Gasteiger partial charge >= 0.3 is 0 Å². The highest BCUT2D eigenvalue weighted by atomic mass is 16.5. The van der Waals surface area contributed by atoms with Crippen molar-refractivity contribution in [3.05, 3.63) is 59.9 Å². The van der Waals surface area contributed by atoms with Crippen LogP contribution < -0.4 is 10.1 Å². The molecule has 0 saturated heterocycles. The van der Waals surface area contributed by atoms with Crippen molar-refractivity contribution in [2.45, 2.75) is 13.8 Å². The Morgan fingerprint density at radius 1 is 1.05 bits per heavy atom. The van der Waals surface area contributed by atoms with Gasteiger partial charge < -0.3 is 10.1 Å². The van der Waals surface area contributed by atoms with Crippen LogP contribution in [0.5, 0.6) is 5.75 Å². The fraction of sp³-hybridized carbons (Fsp3) is 0.222. The number of ether oxygens (including phenoxy) is 1. The Hall–Kier alpha value is -2.62. The number of hydrogen-bond acceptors (Lipinski definition) is 4. The maximum absolute atomic E-state index is 5.79. The van der Waals surface area contributed by atoms with Gasteiger partial charge in [-0.1, -0.05) is 29.8 Å².